The fraction of sp³-hybridized carbons (Fsp3) is 0.450. The van der Waals surface area contributed by atoms with Crippen molar-refractivity contribution in [3.8, 4) is 5.75 Å². The highest BCUT2D eigenvalue weighted by atomic mass is 32.2. The van der Waals surface area contributed by atoms with Crippen LogP contribution in [0.2, 0.25) is 0 Å². The predicted octanol–water partition coefficient (Wildman–Crippen LogP) is 3.08. The monoisotopic (exact) mass is 408 g/mol. The van der Waals surface area contributed by atoms with Crippen molar-refractivity contribution in [2.45, 2.75) is 52.2 Å². The summed E-state index contributed by atoms with van der Waals surface area (Å²) in [6.07, 6.45) is 0.0648. The number of sulfonamides is 1. The summed E-state index contributed by atoms with van der Waals surface area (Å²) in [4.78, 5) is 12.3. The van der Waals surface area contributed by atoms with Crippen LogP contribution in [0.4, 0.5) is 0 Å². The topological polar surface area (TPSA) is 86.6 Å². The average Bonchev–Trinajstić information content (AvgIpc) is 2.86. The lowest BCUT2D eigenvalue weighted by Crippen LogP contribution is -2.25. The number of ether oxygens (including phenoxy) is 2. The Morgan fingerprint density at radius 3 is 2.29 bits per heavy atom. The average molecular weight is 409 g/mol. The molecule has 0 aliphatic carbocycles. The highest BCUT2D eigenvalue weighted by Gasteiger charge is 2.31. The quantitative estimate of drug-likeness (QED) is 0.679. The van der Waals surface area contributed by atoms with Crippen molar-refractivity contribution >= 4 is 16.0 Å². The first kappa shape index (κ1) is 22.0. The van der Waals surface area contributed by atoms with Crippen LogP contribution in [0.25, 0.3) is 0 Å². The van der Waals surface area contributed by atoms with Gasteiger partial charge in [0.1, 0.15) is 16.2 Å². The second kappa shape index (κ2) is 8.79. The third-order valence-electron chi connectivity index (χ3n) is 4.43. The number of benzene rings is 1. The molecule has 0 aliphatic heterocycles. The zero-order valence-corrected chi connectivity index (χ0v) is 18.0. The van der Waals surface area contributed by atoms with Crippen molar-refractivity contribution < 1.29 is 22.7 Å². The molecule has 0 atom stereocenters. The summed E-state index contributed by atoms with van der Waals surface area (Å²) in [6, 6.07) is 7.20. The van der Waals surface area contributed by atoms with Crippen molar-refractivity contribution in [2.75, 3.05) is 6.61 Å². The Kier molecular flexibility index (Phi) is 6.90. The maximum atomic E-state index is 13.0. The van der Waals surface area contributed by atoms with Gasteiger partial charge in [-0.25, -0.2) is 17.9 Å². The lowest BCUT2D eigenvalue weighted by molar-refractivity contribution is 0.0521. The standard InChI is InChI=1S/C20H28N2O5S/c1-7-26-20(23)18-14(4)22(6)15(5)19(18)28(24,25)21-12-16-8-10-17(11-9-16)27-13(2)3/h8-11,13,21H,7,12H2,1-6H3. The van der Waals surface area contributed by atoms with Gasteiger partial charge in [0, 0.05) is 25.0 Å². The molecule has 1 aromatic heterocycles. The number of carbonyl (C=O) groups excluding carboxylic acids is 1. The van der Waals surface area contributed by atoms with E-state index >= 15 is 0 Å². The second-order valence-electron chi connectivity index (χ2n) is 6.79. The molecule has 2 rings (SSSR count). The molecule has 154 valence electrons. The molecular formula is C20H28N2O5S. The van der Waals surface area contributed by atoms with Crippen LogP contribution in [-0.4, -0.2) is 31.7 Å². The van der Waals surface area contributed by atoms with E-state index in [4.69, 9.17) is 9.47 Å². The number of hydrogen-bond acceptors (Lipinski definition) is 5. The van der Waals surface area contributed by atoms with Gasteiger partial charge in [0.15, 0.2) is 0 Å². The van der Waals surface area contributed by atoms with Crippen LogP contribution in [0.15, 0.2) is 29.2 Å². The SMILES string of the molecule is CCOC(=O)c1c(S(=O)(=O)NCc2ccc(OC(C)C)cc2)c(C)n(C)c1C. The lowest BCUT2D eigenvalue weighted by atomic mass is 10.2. The molecule has 28 heavy (non-hydrogen) atoms. The van der Waals surface area contributed by atoms with Crippen molar-refractivity contribution in [1.82, 2.24) is 9.29 Å². The summed E-state index contributed by atoms with van der Waals surface area (Å²) in [5.74, 6) is 0.0833. The minimum Gasteiger partial charge on any atom is -0.491 e. The van der Waals surface area contributed by atoms with Gasteiger partial charge in [-0.3, -0.25) is 0 Å². The van der Waals surface area contributed by atoms with Crippen LogP contribution in [0.3, 0.4) is 0 Å². The Bertz CT molecular complexity index is 944. The molecule has 7 nitrogen and oxygen atoms in total. The molecule has 0 saturated carbocycles. The molecule has 0 bridgehead atoms. The van der Waals surface area contributed by atoms with Crippen LogP contribution in [-0.2, 0) is 28.4 Å². The number of aromatic nitrogens is 1. The van der Waals surface area contributed by atoms with Gasteiger partial charge in [-0.05, 0) is 52.3 Å². The van der Waals surface area contributed by atoms with Crippen molar-refractivity contribution in [1.29, 1.82) is 0 Å². The molecule has 0 amide bonds. The number of rotatable bonds is 8. The summed E-state index contributed by atoms with van der Waals surface area (Å²) in [6.45, 7) is 9.20. The van der Waals surface area contributed by atoms with E-state index < -0.39 is 16.0 Å². The van der Waals surface area contributed by atoms with Crippen LogP contribution in [0.1, 0.15) is 48.1 Å². The highest BCUT2D eigenvalue weighted by Crippen LogP contribution is 2.27. The minimum absolute atomic E-state index is 0.0364. The van der Waals surface area contributed by atoms with Crippen LogP contribution < -0.4 is 9.46 Å². The van der Waals surface area contributed by atoms with Gasteiger partial charge >= 0.3 is 5.97 Å². The molecule has 0 radical (unpaired) electrons. The first-order valence-corrected chi connectivity index (χ1v) is 10.6. The Hall–Kier alpha value is -2.32. The van der Waals surface area contributed by atoms with Crippen LogP contribution >= 0.6 is 0 Å². The van der Waals surface area contributed by atoms with E-state index in [0.29, 0.717) is 11.4 Å². The van der Waals surface area contributed by atoms with Crippen LogP contribution in [0, 0.1) is 13.8 Å². The number of carbonyl (C=O) groups is 1. The van der Waals surface area contributed by atoms with Gasteiger partial charge in [-0.15, -0.1) is 0 Å². The predicted molar refractivity (Wildman–Crippen MR) is 107 cm³/mol. The summed E-state index contributed by atoms with van der Waals surface area (Å²) >= 11 is 0. The number of nitrogens with zero attached hydrogens (tertiary/aromatic N) is 1. The molecule has 1 N–H and O–H groups in total. The zero-order chi connectivity index (χ0) is 21.1. The molecule has 0 aliphatic rings. The first-order valence-electron chi connectivity index (χ1n) is 9.16. The molecule has 1 aromatic carbocycles. The fourth-order valence-electron chi connectivity index (χ4n) is 2.90. The lowest BCUT2D eigenvalue weighted by Gasteiger charge is -2.11. The van der Waals surface area contributed by atoms with Crippen molar-refractivity contribution in [3.05, 3.63) is 46.8 Å². The maximum absolute atomic E-state index is 13.0. The largest absolute Gasteiger partial charge is 0.491 e. The summed E-state index contributed by atoms with van der Waals surface area (Å²) in [7, 11) is -2.19. The van der Waals surface area contributed by atoms with E-state index in [9.17, 15) is 13.2 Å². The zero-order valence-electron chi connectivity index (χ0n) is 17.2. The van der Waals surface area contributed by atoms with Crippen molar-refractivity contribution in [2.24, 2.45) is 7.05 Å². The normalized spacial score (nSPS) is 11.7. The summed E-state index contributed by atoms with van der Waals surface area (Å²) in [5, 5.41) is 0. The second-order valence-corrected chi connectivity index (χ2v) is 8.49. The van der Waals surface area contributed by atoms with Gasteiger partial charge in [0.25, 0.3) is 0 Å². The molecule has 8 heteroatoms. The summed E-state index contributed by atoms with van der Waals surface area (Å²) in [5.41, 5.74) is 1.89. The molecule has 0 spiro atoms. The molecule has 1 heterocycles. The maximum Gasteiger partial charge on any atom is 0.341 e. The van der Waals surface area contributed by atoms with Crippen molar-refractivity contribution in [3.63, 3.8) is 0 Å². The number of nitrogens with one attached hydrogen (secondary N) is 1. The molecular weight excluding hydrogens is 380 g/mol. The number of hydrogen-bond donors (Lipinski definition) is 1. The molecule has 0 fully saturated rings. The van der Waals surface area contributed by atoms with Gasteiger partial charge in [-0.1, -0.05) is 12.1 Å². The Balaban J connectivity index is 2.28. The molecule has 0 unspecified atom stereocenters. The highest BCUT2D eigenvalue weighted by molar-refractivity contribution is 7.89. The smallest absolute Gasteiger partial charge is 0.341 e. The third kappa shape index (κ3) is 4.74. The van der Waals surface area contributed by atoms with E-state index in [1.807, 2.05) is 13.8 Å². The van der Waals surface area contributed by atoms with E-state index in [1.54, 1.807) is 56.7 Å². The van der Waals surface area contributed by atoms with Crippen LogP contribution in [0.5, 0.6) is 5.75 Å². The Morgan fingerprint density at radius 1 is 1.14 bits per heavy atom. The Labute approximate surface area is 166 Å². The first-order chi connectivity index (χ1) is 13.1. The van der Waals surface area contributed by atoms with E-state index in [-0.39, 0.29) is 29.7 Å². The van der Waals surface area contributed by atoms with E-state index in [0.717, 1.165) is 11.3 Å². The Morgan fingerprint density at radius 2 is 1.75 bits per heavy atom. The summed E-state index contributed by atoms with van der Waals surface area (Å²) < 4.78 is 40.9. The van der Waals surface area contributed by atoms with E-state index in [2.05, 4.69) is 4.72 Å². The van der Waals surface area contributed by atoms with Gasteiger partial charge in [-0.2, -0.15) is 0 Å². The van der Waals surface area contributed by atoms with Gasteiger partial charge in [0.2, 0.25) is 10.0 Å². The third-order valence-corrected chi connectivity index (χ3v) is 5.99. The molecule has 0 saturated heterocycles. The van der Waals surface area contributed by atoms with E-state index in [1.165, 1.54) is 0 Å². The fourth-order valence-corrected chi connectivity index (χ4v) is 4.42. The van der Waals surface area contributed by atoms with Gasteiger partial charge < -0.3 is 14.0 Å². The minimum atomic E-state index is -3.92. The number of esters is 1. The van der Waals surface area contributed by atoms with Gasteiger partial charge in [0.05, 0.1) is 12.7 Å². The molecule has 2 aromatic rings.